The zero-order valence-electron chi connectivity index (χ0n) is 17.9. The Morgan fingerprint density at radius 3 is 2.44 bits per heavy atom. The first-order chi connectivity index (χ1) is 12.7. The molecule has 3 nitrogen and oxygen atoms in total. The molecule has 0 aromatic carbocycles. The highest BCUT2D eigenvalue weighted by Gasteiger charge is 2.59. The molecular formula is C24H37NO2. The van der Waals surface area contributed by atoms with Crippen LogP contribution in [0.25, 0.3) is 0 Å². The van der Waals surface area contributed by atoms with Gasteiger partial charge in [-0.05, 0) is 86.9 Å². The Morgan fingerprint density at radius 1 is 1.04 bits per heavy atom. The summed E-state index contributed by atoms with van der Waals surface area (Å²) in [5.74, 6) is 3.14. The quantitative estimate of drug-likeness (QED) is 0.641. The van der Waals surface area contributed by atoms with E-state index in [4.69, 9.17) is 0 Å². The maximum Gasteiger partial charge on any atom is 0.219 e. The Bertz CT molecular complexity index is 682. The van der Waals surface area contributed by atoms with E-state index >= 15 is 0 Å². The van der Waals surface area contributed by atoms with Gasteiger partial charge in [0.05, 0.1) is 0 Å². The van der Waals surface area contributed by atoms with Crippen molar-refractivity contribution in [1.29, 1.82) is 0 Å². The Balaban J connectivity index is 1.59. The third-order valence-corrected chi connectivity index (χ3v) is 9.61. The predicted octanol–water partition coefficient (Wildman–Crippen LogP) is 5.00. The number of hydrogen-bond donors (Lipinski definition) is 0. The van der Waals surface area contributed by atoms with Crippen LogP contribution in [-0.2, 0) is 9.59 Å². The topological polar surface area (TPSA) is 37.4 Å². The first-order valence-corrected chi connectivity index (χ1v) is 11.1. The maximum absolute atomic E-state index is 12.3. The van der Waals surface area contributed by atoms with Gasteiger partial charge in [-0.3, -0.25) is 9.59 Å². The molecule has 1 amide bonds. The fourth-order valence-corrected chi connectivity index (χ4v) is 7.90. The predicted molar refractivity (Wildman–Crippen MR) is 108 cm³/mol. The summed E-state index contributed by atoms with van der Waals surface area (Å²) >= 11 is 0. The molecule has 4 aliphatic carbocycles. The van der Waals surface area contributed by atoms with Crippen molar-refractivity contribution in [2.45, 2.75) is 85.1 Å². The molecule has 0 radical (unpaired) electrons. The van der Waals surface area contributed by atoms with Crippen molar-refractivity contribution >= 4 is 11.7 Å². The van der Waals surface area contributed by atoms with Crippen LogP contribution in [0.4, 0.5) is 0 Å². The zero-order valence-corrected chi connectivity index (χ0v) is 17.9. The van der Waals surface area contributed by atoms with Gasteiger partial charge in [-0.1, -0.05) is 25.5 Å². The highest BCUT2D eigenvalue weighted by molar-refractivity contribution is 5.79. The van der Waals surface area contributed by atoms with Crippen molar-refractivity contribution < 1.29 is 9.59 Å². The van der Waals surface area contributed by atoms with Crippen molar-refractivity contribution in [3.63, 3.8) is 0 Å². The van der Waals surface area contributed by atoms with Gasteiger partial charge in [0.2, 0.25) is 5.91 Å². The second-order valence-corrected chi connectivity index (χ2v) is 10.6. The summed E-state index contributed by atoms with van der Waals surface area (Å²) in [6.07, 6.45) is 12.0. The second-order valence-electron chi connectivity index (χ2n) is 10.6. The third kappa shape index (κ3) is 2.75. The highest BCUT2D eigenvalue weighted by Crippen LogP contribution is 2.66. The van der Waals surface area contributed by atoms with Gasteiger partial charge in [-0.25, -0.2) is 0 Å². The fourth-order valence-electron chi connectivity index (χ4n) is 7.90. The van der Waals surface area contributed by atoms with Gasteiger partial charge in [0.15, 0.2) is 0 Å². The van der Waals surface area contributed by atoms with E-state index in [1.165, 1.54) is 32.1 Å². The minimum absolute atomic E-state index is 0.188. The van der Waals surface area contributed by atoms with Crippen LogP contribution < -0.4 is 0 Å². The molecule has 4 aliphatic rings. The number of nitrogens with zero attached hydrogens (tertiary/aromatic N) is 1. The van der Waals surface area contributed by atoms with E-state index < -0.39 is 0 Å². The van der Waals surface area contributed by atoms with Gasteiger partial charge in [-0.15, -0.1) is 0 Å². The normalized spacial score (nSPS) is 46.0. The molecule has 0 aromatic rings. The number of carbonyl (C=O) groups excluding carboxylic acids is 2. The molecule has 0 heterocycles. The minimum Gasteiger partial charge on any atom is -0.343 e. The third-order valence-electron chi connectivity index (χ3n) is 9.61. The van der Waals surface area contributed by atoms with Crippen molar-refractivity contribution in [3.8, 4) is 0 Å². The standard InChI is InChI=1S/C24H37NO2/c1-15(26)20-8-9-21-19-7-6-17-14-18(25(5)16(2)27)10-12-23(17,3)22(19)11-13-24(20,21)4/h6,18-22H,7-14H2,1-5H3. The van der Waals surface area contributed by atoms with Gasteiger partial charge in [-0.2, -0.15) is 0 Å². The van der Waals surface area contributed by atoms with E-state index in [0.29, 0.717) is 23.2 Å². The summed E-state index contributed by atoms with van der Waals surface area (Å²) in [5.41, 5.74) is 2.17. The minimum atomic E-state index is 0.188. The molecule has 0 N–H and O–H groups in total. The number of allylic oxidation sites excluding steroid dienone is 1. The highest BCUT2D eigenvalue weighted by atomic mass is 16.2. The van der Waals surface area contributed by atoms with E-state index in [9.17, 15) is 9.59 Å². The molecule has 3 heteroatoms. The number of fused-ring (bicyclic) bond motifs is 5. The fraction of sp³-hybridized carbons (Fsp3) is 0.833. The van der Waals surface area contributed by atoms with Crippen LogP contribution in [0, 0.1) is 34.5 Å². The van der Waals surface area contributed by atoms with Gasteiger partial charge < -0.3 is 4.90 Å². The number of amides is 1. The lowest BCUT2D eigenvalue weighted by Gasteiger charge is -2.58. The molecule has 4 rings (SSSR count). The lowest BCUT2D eigenvalue weighted by molar-refractivity contribution is -0.131. The molecule has 0 spiro atoms. The average Bonchev–Trinajstić information content (AvgIpc) is 2.97. The number of Topliss-reactive ketones (excluding diaryl/α,β-unsaturated/α-hetero) is 1. The Kier molecular flexibility index (Phi) is 4.59. The first kappa shape index (κ1) is 19.2. The second kappa shape index (κ2) is 6.46. The summed E-state index contributed by atoms with van der Waals surface area (Å²) in [4.78, 5) is 26.1. The molecule has 0 bridgehead atoms. The summed E-state index contributed by atoms with van der Waals surface area (Å²) < 4.78 is 0. The van der Waals surface area contributed by atoms with Crippen LogP contribution in [-0.4, -0.2) is 29.7 Å². The number of rotatable bonds is 2. The van der Waals surface area contributed by atoms with Crippen molar-refractivity contribution in [2.75, 3.05) is 7.05 Å². The lowest BCUT2D eigenvalue weighted by Crippen LogP contribution is -2.52. The smallest absolute Gasteiger partial charge is 0.219 e. The van der Waals surface area contributed by atoms with Crippen LogP contribution in [0.2, 0.25) is 0 Å². The number of ketones is 1. The molecule has 7 unspecified atom stereocenters. The van der Waals surface area contributed by atoms with E-state index in [1.807, 2.05) is 18.9 Å². The van der Waals surface area contributed by atoms with Crippen molar-refractivity contribution in [2.24, 2.45) is 34.5 Å². The Morgan fingerprint density at radius 2 is 1.78 bits per heavy atom. The van der Waals surface area contributed by atoms with Crippen LogP contribution in [0.15, 0.2) is 11.6 Å². The number of hydrogen-bond acceptors (Lipinski definition) is 2. The van der Waals surface area contributed by atoms with Crippen LogP contribution in [0.5, 0.6) is 0 Å². The molecule has 0 aliphatic heterocycles. The molecule has 0 aromatic heterocycles. The molecule has 7 atom stereocenters. The van der Waals surface area contributed by atoms with Gasteiger partial charge in [0.1, 0.15) is 5.78 Å². The lowest BCUT2D eigenvalue weighted by atomic mass is 9.47. The summed E-state index contributed by atoms with van der Waals surface area (Å²) in [5, 5.41) is 0. The van der Waals surface area contributed by atoms with E-state index in [-0.39, 0.29) is 11.3 Å². The molecule has 27 heavy (non-hydrogen) atoms. The largest absolute Gasteiger partial charge is 0.343 e. The summed E-state index contributed by atoms with van der Waals surface area (Å²) in [6, 6.07) is 0.376. The summed E-state index contributed by atoms with van der Waals surface area (Å²) in [6.45, 7) is 8.44. The monoisotopic (exact) mass is 371 g/mol. The van der Waals surface area contributed by atoms with E-state index in [1.54, 1.807) is 12.5 Å². The maximum atomic E-state index is 12.3. The zero-order chi connectivity index (χ0) is 19.6. The van der Waals surface area contributed by atoms with E-state index in [2.05, 4.69) is 19.9 Å². The molecule has 150 valence electrons. The molecule has 3 saturated carbocycles. The van der Waals surface area contributed by atoms with Crippen LogP contribution in [0.1, 0.15) is 79.1 Å². The van der Waals surface area contributed by atoms with Crippen LogP contribution in [0.3, 0.4) is 0 Å². The average molecular weight is 372 g/mol. The Labute approximate surface area is 165 Å². The van der Waals surface area contributed by atoms with E-state index in [0.717, 1.165) is 37.0 Å². The van der Waals surface area contributed by atoms with Crippen LogP contribution >= 0.6 is 0 Å². The van der Waals surface area contributed by atoms with Gasteiger partial charge in [0, 0.05) is 25.9 Å². The Hall–Kier alpha value is -1.12. The molecule has 0 saturated heterocycles. The molecular weight excluding hydrogens is 334 g/mol. The van der Waals surface area contributed by atoms with Gasteiger partial charge >= 0.3 is 0 Å². The molecule has 3 fully saturated rings. The van der Waals surface area contributed by atoms with Gasteiger partial charge in [0.25, 0.3) is 0 Å². The summed E-state index contributed by atoms with van der Waals surface area (Å²) in [7, 11) is 1.97. The van der Waals surface area contributed by atoms with Crippen molar-refractivity contribution in [3.05, 3.63) is 11.6 Å². The van der Waals surface area contributed by atoms with Crippen molar-refractivity contribution in [1.82, 2.24) is 4.90 Å². The SMILES string of the molecule is CC(=O)C1CCC2C3CC=C4CC(N(C)C(C)=O)CCC4(C)C3CCC12C. The first-order valence-electron chi connectivity index (χ1n) is 11.1. The number of carbonyl (C=O) groups is 2.